The van der Waals surface area contributed by atoms with Gasteiger partial charge >= 0.3 is 0 Å². The second-order valence-corrected chi connectivity index (χ2v) is 3.33. The lowest BCUT2D eigenvalue weighted by atomic mass is 10.2. The third-order valence-electron chi connectivity index (χ3n) is 2.14. The molecule has 84 valence electrons. The van der Waals surface area contributed by atoms with Crippen molar-refractivity contribution in [2.24, 2.45) is 0 Å². The van der Waals surface area contributed by atoms with Gasteiger partial charge in [-0.3, -0.25) is 4.98 Å². The number of rotatable bonds is 0. The molecule has 0 spiro atoms. The number of fused-ring (bicyclic) bond motifs is 1. The molecule has 0 atom stereocenters. The van der Waals surface area contributed by atoms with Crippen molar-refractivity contribution in [2.75, 3.05) is 5.73 Å². The van der Waals surface area contributed by atoms with Crippen LogP contribution >= 0.6 is 0 Å². The highest BCUT2D eigenvalue weighted by atomic mass is 15.0. The molecule has 4 nitrogen and oxygen atoms in total. The number of benzene rings is 1. The average Bonchev–Trinajstić information content (AvgIpc) is 2.41. The van der Waals surface area contributed by atoms with Crippen LogP contribution in [0.4, 0.5) is 5.95 Å². The summed E-state index contributed by atoms with van der Waals surface area (Å²) in [7, 11) is 0. The van der Waals surface area contributed by atoms with E-state index in [2.05, 4.69) is 27.1 Å². The van der Waals surface area contributed by atoms with E-state index in [0.29, 0.717) is 5.95 Å². The molecule has 0 bridgehead atoms. The number of nitrogens with two attached hydrogens (primary N) is 1. The molecule has 0 saturated heterocycles. The monoisotopic (exact) mass is 224 g/mol. The minimum Gasteiger partial charge on any atom is -0.368 e. The van der Waals surface area contributed by atoms with Crippen molar-refractivity contribution in [1.82, 2.24) is 15.0 Å². The van der Waals surface area contributed by atoms with Gasteiger partial charge in [0.05, 0.1) is 0 Å². The normalized spacial score (nSPS) is 9.41. The van der Waals surface area contributed by atoms with Crippen LogP contribution in [0.25, 0.3) is 10.8 Å². The van der Waals surface area contributed by atoms with Gasteiger partial charge in [-0.25, -0.2) is 9.97 Å². The summed E-state index contributed by atoms with van der Waals surface area (Å²) in [4.78, 5) is 11.3. The highest BCUT2D eigenvalue weighted by Gasteiger charge is 1.86. The standard InChI is InChI=1S/C9H7N.C4H5N3/c1-2-4-9-7-10-6-5-8(9)3-1;5-4-6-2-1-3-7-4/h1-7H;1-3H,(H2,5,6,7). The maximum absolute atomic E-state index is 5.14. The number of nitrogens with zero attached hydrogens (tertiary/aromatic N) is 3. The van der Waals surface area contributed by atoms with E-state index >= 15 is 0 Å². The van der Waals surface area contributed by atoms with Crippen molar-refractivity contribution in [1.29, 1.82) is 0 Å². The zero-order valence-corrected chi connectivity index (χ0v) is 9.19. The largest absolute Gasteiger partial charge is 0.368 e. The van der Waals surface area contributed by atoms with Gasteiger partial charge in [0.1, 0.15) is 0 Å². The molecule has 0 fully saturated rings. The number of nitrogen functional groups attached to an aromatic ring is 1. The van der Waals surface area contributed by atoms with Crippen LogP contribution in [0, 0.1) is 0 Å². The lowest BCUT2D eigenvalue weighted by molar-refractivity contribution is 1.19. The van der Waals surface area contributed by atoms with Gasteiger partial charge in [-0.15, -0.1) is 0 Å². The molecule has 0 aliphatic carbocycles. The van der Waals surface area contributed by atoms with Gasteiger partial charge in [-0.2, -0.15) is 0 Å². The van der Waals surface area contributed by atoms with E-state index in [9.17, 15) is 0 Å². The molecule has 4 heteroatoms. The lowest BCUT2D eigenvalue weighted by Crippen LogP contribution is -1.90. The van der Waals surface area contributed by atoms with E-state index in [1.807, 2.05) is 30.6 Å². The van der Waals surface area contributed by atoms with E-state index in [0.717, 1.165) is 0 Å². The van der Waals surface area contributed by atoms with E-state index < -0.39 is 0 Å². The molecule has 2 heterocycles. The van der Waals surface area contributed by atoms with Gasteiger partial charge in [0.25, 0.3) is 0 Å². The average molecular weight is 224 g/mol. The minimum absolute atomic E-state index is 0.322. The topological polar surface area (TPSA) is 64.7 Å². The summed E-state index contributed by atoms with van der Waals surface area (Å²) in [6.45, 7) is 0. The molecule has 3 aromatic rings. The fourth-order valence-electron chi connectivity index (χ4n) is 1.34. The van der Waals surface area contributed by atoms with Crippen molar-refractivity contribution in [3.05, 3.63) is 61.2 Å². The van der Waals surface area contributed by atoms with E-state index in [1.165, 1.54) is 10.8 Å². The third kappa shape index (κ3) is 3.24. The Hall–Kier alpha value is -2.49. The molecule has 17 heavy (non-hydrogen) atoms. The fourth-order valence-corrected chi connectivity index (χ4v) is 1.34. The number of hydrogen-bond acceptors (Lipinski definition) is 4. The van der Waals surface area contributed by atoms with E-state index in [4.69, 9.17) is 5.73 Å². The highest BCUT2D eigenvalue weighted by Crippen LogP contribution is 2.09. The third-order valence-corrected chi connectivity index (χ3v) is 2.14. The van der Waals surface area contributed by atoms with Crippen molar-refractivity contribution >= 4 is 16.7 Å². The molecular formula is C13H12N4. The van der Waals surface area contributed by atoms with Crippen LogP contribution < -0.4 is 5.73 Å². The Labute approximate surface area is 99.2 Å². The van der Waals surface area contributed by atoms with Crippen LogP contribution in [0.5, 0.6) is 0 Å². The molecule has 0 amide bonds. The Morgan fingerprint density at radius 2 is 1.47 bits per heavy atom. The van der Waals surface area contributed by atoms with E-state index in [-0.39, 0.29) is 0 Å². The van der Waals surface area contributed by atoms with Gasteiger partial charge in [0, 0.05) is 24.8 Å². The Balaban J connectivity index is 0.000000136. The van der Waals surface area contributed by atoms with Gasteiger partial charge in [0.2, 0.25) is 5.95 Å². The number of pyridine rings is 1. The van der Waals surface area contributed by atoms with Crippen LogP contribution in [0.2, 0.25) is 0 Å². The Kier molecular flexibility index (Phi) is 3.60. The maximum Gasteiger partial charge on any atom is 0.219 e. The second-order valence-electron chi connectivity index (χ2n) is 3.33. The first-order chi connectivity index (χ1) is 8.36. The molecular weight excluding hydrogens is 212 g/mol. The molecule has 2 N–H and O–H groups in total. The summed E-state index contributed by atoms with van der Waals surface area (Å²) < 4.78 is 0. The summed E-state index contributed by atoms with van der Waals surface area (Å²) in [6, 6.07) is 11.9. The minimum atomic E-state index is 0.322. The predicted molar refractivity (Wildman–Crippen MR) is 68.2 cm³/mol. The zero-order chi connectivity index (χ0) is 11.9. The summed E-state index contributed by atoms with van der Waals surface area (Å²) in [5.41, 5.74) is 5.14. The Morgan fingerprint density at radius 1 is 0.765 bits per heavy atom. The SMILES string of the molecule is Nc1ncccn1.c1ccc2cnccc2c1. The van der Waals surface area contributed by atoms with Crippen LogP contribution in [0.1, 0.15) is 0 Å². The predicted octanol–water partition coefficient (Wildman–Crippen LogP) is 2.29. The lowest BCUT2D eigenvalue weighted by Gasteiger charge is -1.91. The summed E-state index contributed by atoms with van der Waals surface area (Å²) in [5, 5.41) is 2.45. The van der Waals surface area contributed by atoms with Crippen molar-refractivity contribution < 1.29 is 0 Å². The molecule has 3 rings (SSSR count). The van der Waals surface area contributed by atoms with Crippen molar-refractivity contribution in [3.63, 3.8) is 0 Å². The van der Waals surface area contributed by atoms with Crippen LogP contribution in [0.3, 0.4) is 0 Å². The Bertz CT molecular complexity index is 515. The second kappa shape index (κ2) is 5.55. The molecule has 2 aromatic heterocycles. The fraction of sp³-hybridized carbons (Fsp3) is 0. The van der Waals surface area contributed by atoms with Crippen LogP contribution in [-0.4, -0.2) is 15.0 Å². The van der Waals surface area contributed by atoms with Gasteiger partial charge < -0.3 is 5.73 Å². The molecule has 0 saturated carbocycles. The first-order valence-corrected chi connectivity index (χ1v) is 5.17. The summed E-state index contributed by atoms with van der Waals surface area (Å²) >= 11 is 0. The number of anilines is 1. The highest BCUT2D eigenvalue weighted by molar-refractivity contribution is 5.80. The molecule has 1 aromatic carbocycles. The van der Waals surface area contributed by atoms with Gasteiger partial charge in [-0.05, 0) is 22.9 Å². The molecule has 0 aliphatic rings. The van der Waals surface area contributed by atoms with Gasteiger partial charge in [0.15, 0.2) is 0 Å². The summed E-state index contributed by atoms with van der Waals surface area (Å²) in [5.74, 6) is 0.322. The van der Waals surface area contributed by atoms with Crippen LogP contribution in [0.15, 0.2) is 61.2 Å². The first-order valence-electron chi connectivity index (χ1n) is 5.17. The van der Waals surface area contributed by atoms with E-state index in [1.54, 1.807) is 18.5 Å². The van der Waals surface area contributed by atoms with Crippen molar-refractivity contribution in [2.45, 2.75) is 0 Å². The smallest absolute Gasteiger partial charge is 0.219 e. The molecule has 0 radical (unpaired) electrons. The first kappa shape index (κ1) is 11.0. The van der Waals surface area contributed by atoms with Gasteiger partial charge in [-0.1, -0.05) is 24.3 Å². The number of hydrogen-bond donors (Lipinski definition) is 1. The quantitative estimate of drug-likeness (QED) is 0.636. The molecule has 0 unspecified atom stereocenters. The maximum atomic E-state index is 5.14. The van der Waals surface area contributed by atoms with Crippen LogP contribution in [-0.2, 0) is 0 Å². The molecule has 0 aliphatic heterocycles. The van der Waals surface area contributed by atoms with Crippen molar-refractivity contribution in [3.8, 4) is 0 Å². The Morgan fingerprint density at radius 3 is 2.06 bits per heavy atom. The number of aromatic nitrogens is 3. The zero-order valence-electron chi connectivity index (χ0n) is 9.19. The summed E-state index contributed by atoms with van der Waals surface area (Å²) in [6.07, 6.45) is 6.88.